The lowest BCUT2D eigenvalue weighted by Crippen LogP contribution is -2.33. The van der Waals surface area contributed by atoms with Crippen LogP contribution in [0.1, 0.15) is 26.0 Å². The predicted octanol–water partition coefficient (Wildman–Crippen LogP) is 0.543. The van der Waals surface area contributed by atoms with Crippen LogP contribution in [0.3, 0.4) is 0 Å². The van der Waals surface area contributed by atoms with Crippen LogP contribution in [-0.2, 0) is 14.3 Å². The molecule has 2 aromatic heterocycles. The number of anilines is 1. The highest BCUT2D eigenvalue weighted by Crippen LogP contribution is 2.37. The van der Waals surface area contributed by atoms with Gasteiger partial charge in [0.2, 0.25) is 0 Å². The van der Waals surface area contributed by atoms with E-state index in [4.69, 9.17) is 15.2 Å². The number of nitriles is 1. The monoisotopic (exact) mass is 302 g/mol. The molecule has 2 N–H and O–H groups in total. The van der Waals surface area contributed by atoms with Crippen molar-refractivity contribution in [1.29, 1.82) is 5.26 Å². The summed E-state index contributed by atoms with van der Waals surface area (Å²) in [5.41, 5.74) is 5.63. The minimum Gasteiger partial charge on any atom is -0.462 e. The van der Waals surface area contributed by atoms with Gasteiger partial charge < -0.3 is 15.2 Å². The number of nitrogens with two attached hydrogens (primary N) is 1. The third-order valence-corrected chi connectivity index (χ3v) is 3.57. The molecule has 0 spiro atoms. The maximum atomic E-state index is 10.9. The van der Waals surface area contributed by atoms with Crippen molar-refractivity contribution in [3.63, 3.8) is 0 Å². The van der Waals surface area contributed by atoms with Crippen molar-refractivity contribution in [2.75, 3.05) is 12.3 Å². The van der Waals surface area contributed by atoms with Gasteiger partial charge in [-0.3, -0.25) is 9.36 Å². The molecule has 1 fully saturated rings. The second kappa shape index (κ2) is 5.23. The number of nitrogen functional groups attached to an aromatic ring is 1. The number of carbonyl (C=O) groups excluding carboxylic acids is 1. The van der Waals surface area contributed by atoms with Crippen molar-refractivity contribution in [3.8, 4) is 6.07 Å². The molecule has 2 aromatic rings. The highest BCUT2D eigenvalue weighted by atomic mass is 16.6. The van der Waals surface area contributed by atoms with E-state index in [2.05, 4.69) is 21.0 Å². The number of carbonyl (C=O) groups is 1. The van der Waals surface area contributed by atoms with E-state index >= 15 is 0 Å². The zero-order valence-electron chi connectivity index (χ0n) is 11.9. The predicted molar refractivity (Wildman–Crippen MR) is 74.1 cm³/mol. The molecule has 0 aromatic carbocycles. The fourth-order valence-corrected chi connectivity index (χ4v) is 2.45. The van der Waals surface area contributed by atoms with Gasteiger partial charge in [0, 0.05) is 6.92 Å². The normalized spacial score (nSPS) is 24.3. The number of ether oxygens (including phenoxy) is 2. The van der Waals surface area contributed by atoms with E-state index in [-0.39, 0.29) is 12.4 Å². The van der Waals surface area contributed by atoms with E-state index in [1.807, 2.05) is 0 Å². The van der Waals surface area contributed by atoms with Gasteiger partial charge in [0.15, 0.2) is 17.1 Å². The molecule has 22 heavy (non-hydrogen) atoms. The van der Waals surface area contributed by atoms with E-state index in [1.54, 1.807) is 10.9 Å². The molecule has 0 unspecified atom stereocenters. The van der Waals surface area contributed by atoms with Gasteiger partial charge in [-0.2, -0.15) is 5.26 Å². The Balaban J connectivity index is 1.86. The molecule has 1 aliphatic rings. The molecule has 3 heterocycles. The van der Waals surface area contributed by atoms with Crippen molar-refractivity contribution < 1.29 is 14.3 Å². The molecule has 0 aliphatic carbocycles. The van der Waals surface area contributed by atoms with Crippen LogP contribution < -0.4 is 5.73 Å². The van der Waals surface area contributed by atoms with E-state index in [0.29, 0.717) is 24.0 Å². The Morgan fingerprint density at radius 1 is 1.64 bits per heavy atom. The molecule has 2 atom stereocenters. The molecule has 1 saturated heterocycles. The Labute approximate surface area is 125 Å². The number of fused-ring (bicyclic) bond motifs is 1. The SMILES string of the molecule is CC(=O)OC[C@]1(C#N)CC[C@H](n2cnc3c(N)ncnc32)O1. The quantitative estimate of drug-likeness (QED) is 0.813. The highest BCUT2D eigenvalue weighted by molar-refractivity contribution is 5.81. The van der Waals surface area contributed by atoms with E-state index in [0.717, 1.165) is 0 Å². The van der Waals surface area contributed by atoms with Crippen LogP contribution in [0.15, 0.2) is 12.7 Å². The van der Waals surface area contributed by atoms with Gasteiger partial charge in [-0.25, -0.2) is 15.0 Å². The first-order chi connectivity index (χ1) is 10.5. The molecule has 9 heteroatoms. The molecular weight excluding hydrogens is 288 g/mol. The summed E-state index contributed by atoms with van der Waals surface area (Å²) in [6.45, 7) is 1.19. The topological polar surface area (TPSA) is 129 Å². The lowest BCUT2D eigenvalue weighted by molar-refractivity contribution is -0.149. The molecule has 0 bridgehead atoms. The van der Waals surface area contributed by atoms with Gasteiger partial charge in [0.1, 0.15) is 30.7 Å². The standard InChI is InChI=1S/C13H14N6O3/c1-8(20)21-5-13(4-14)3-2-9(22-13)19-7-18-10-11(15)16-6-17-12(10)19/h6-7,9H,2-3,5H2,1H3,(H2,15,16,17)/t9-,13-/m1/s1. The molecule has 0 amide bonds. The molecule has 0 saturated carbocycles. The number of imidazole rings is 1. The fourth-order valence-electron chi connectivity index (χ4n) is 2.45. The average Bonchev–Trinajstić information content (AvgIpc) is 3.10. The van der Waals surface area contributed by atoms with Crippen LogP contribution in [0.4, 0.5) is 5.82 Å². The minimum atomic E-state index is -1.15. The highest BCUT2D eigenvalue weighted by Gasteiger charge is 2.43. The number of hydrogen-bond acceptors (Lipinski definition) is 8. The number of aromatic nitrogens is 4. The lowest BCUT2D eigenvalue weighted by atomic mass is 10.0. The largest absolute Gasteiger partial charge is 0.462 e. The number of nitrogens with zero attached hydrogens (tertiary/aromatic N) is 5. The zero-order chi connectivity index (χ0) is 15.7. The molecule has 114 valence electrons. The van der Waals surface area contributed by atoms with E-state index in [1.165, 1.54) is 13.3 Å². The second-order valence-electron chi connectivity index (χ2n) is 5.08. The third-order valence-electron chi connectivity index (χ3n) is 3.57. The van der Waals surface area contributed by atoms with Gasteiger partial charge in [0.25, 0.3) is 0 Å². The Morgan fingerprint density at radius 2 is 2.45 bits per heavy atom. The van der Waals surface area contributed by atoms with Crippen LogP contribution in [0.5, 0.6) is 0 Å². The maximum absolute atomic E-state index is 10.9. The van der Waals surface area contributed by atoms with Crippen LogP contribution >= 0.6 is 0 Å². The molecule has 0 radical (unpaired) electrons. The van der Waals surface area contributed by atoms with Crippen LogP contribution in [-0.4, -0.2) is 37.7 Å². The number of hydrogen-bond donors (Lipinski definition) is 1. The molecule has 1 aliphatic heterocycles. The Kier molecular flexibility index (Phi) is 3.38. The van der Waals surface area contributed by atoms with Crippen molar-refractivity contribution >= 4 is 23.0 Å². The minimum absolute atomic E-state index is 0.0981. The third kappa shape index (κ3) is 2.33. The van der Waals surface area contributed by atoms with Gasteiger partial charge in [-0.15, -0.1) is 0 Å². The second-order valence-corrected chi connectivity index (χ2v) is 5.08. The van der Waals surface area contributed by atoms with Crippen molar-refractivity contribution in [2.45, 2.75) is 31.6 Å². The summed E-state index contributed by atoms with van der Waals surface area (Å²) in [6.07, 6.45) is 3.50. The van der Waals surface area contributed by atoms with Gasteiger partial charge >= 0.3 is 5.97 Å². The lowest BCUT2D eigenvalue weighted by Gasteiger charge is -2.21. The van der Waals surface area contributed by atoms with Gasteiger partial charge in [-0.1, -0.05) is 0 Å². The van der Waals surface area contributed by atoms with Gasteiger partial charge in [0.05, 0.1) is 6.33 Å². The first kappa shape index (κ1) is 14.2. The average molecular weight is 302 g/mol. The maximum Gasteiger partial charge on any atom is 0.302 e. The first-order valence-electron chi connectivity index (χ1n) is 6.70. The summed E-state index contributed by atoms with van der Waals surface area (Å²) in [5, 5.41) is 9.37. The summed E-state index contributed by atoms with van der Waals surface area (Å²) in [4.78, 5) is 23.2. The Morgan fingerprint density at radius 3 is 3.18 bits per heavy atom. The summed E-state index contributed by atoms with van der Waals surface area (Å²) in [7, 11) is 0. The van der Waals surface area contributed by atoms with Crippen molar-refractivity contribution in [3.05, 3.63) is 12.7 Å². The first-order valence-corrected chi connectivity index (χ1v) is 6.70. The Hall–Kier alpha value is -2.73. The van der Waals surface area contributed by atoms with Crippen molar-refractivity contribution in [1.82, 2.24) is 19.5 Å². The zero-order valence-corrected chi connectivity index (χ0v) is 11.9. The summed E-state index contributed by atoms with van der Waals surface area (Å²) >= 11 is 0. The van der Waals surface area contributed by atoms with Crippen LogP contribution in [0.2, 0.25) is 0 Å². The summed E-state index contributed by atoms with van der Waals surface area (Å²) in [5.74, 6) is -0.163. The summed E-state index contributed by atoms with van der Waals surface area (Å²) in [6, 6.07) is 2.09. The molecular formula is C13H14N6O3. The molecule has 9 nitrogen and oxygen atoms in total. The fraction of sp³-hybridized carbons (Fsp3) is 0.462. The van der Waals surface area contributed by atoms with Crippen LogP contribution in [0, 0.1) is 11.3 Å². The van der Waals surface area contributed by atoms with Crippen LogP contribution in [0.25, 0.3) is 11.2 Å². The number of rotatable bonds is 3. The van der Waals surface area contributed by atoms with E-state index < -0.39 is 17.8 Å². The van der Waals surface area contributed by atoms with E-state index in [9.17, 15) is 10.1 Å². The molecule has 3 rings (SSSR count). The summed E-state index contributed by atoms with van der Waals surface area (Å²) < 4.78 is 12.5. The van der Waals surface area contributed by atoms with Crippen molar-refractivity contribution in [2.24, 2.45) is 0 Å². The van der Waals surface area contributed by atoms with Gasteiger partial charge in [-0.05, 0) is 12.8 Å². The smallest absolute Gasteiger partial charge is 0.302 e. The Bertz CT molecular complexity index is 767. The number of esters is 1.